The lowest BCUT2D eigenvalue weighted by Gasteiger charge is -2.30. The number of thioether (sulfide) groups is 1. The zero-order valence-corrected chi connectivity index (χ0v) is 9.50. The van der Waals surface area contributed by atoms with Crippen LogP contribution in [0.2, 0.25) is 0 Å². The lowest BCUT2D eigenvalue weighted by atomic mass is 9.88. The molecule has 1 saturated heterocycles. The lowest BCUT2D eigenvalue weighted by molar-refractivity contribution is 0.287. The minimum atomic E-state index is 0.414. The largest absolute Gasteiger partial charge is 0.312 e. The van der Waals surface area contributed by atoms with Crippen LogP contribution in [-0.2, 0) is 0 Å². The van der Waals surface area contributed by atoms with Crippen molar-refractivity contribution in [3.05, 3.63) is 0 Å². The van der Waals surface area contributed by atoms with Crippen LogP contribution in [0, 0.1) is 11.3 Å². The molecule has 72 valence electrons. The maximum absolute atomic E-state index is 3.65. The summed E-state index contributed by atoms with van der Waals surface area (Å²) in [5.74, 6) is 3.43. The average Bonchev–Trinajstić information content (AvgIpc) is 2.11. The Balaban J connectivity index is 2.46. The van der Waals surface area contributed by atoms with E-state index in [0.29, 0.717) is 11.5 Å². The first kappa shape index (κ1) is 10.4. The van der Waals surface area contributed by atoms with Crippen LogP contribution in [-0.4, -0.2) is 24.1 Å². The van der Waals surface area contributed by atoms with Gasteiger partial charge in [-0.1, -0.05) is 27.7 Å². The molecule has 0 aromatic carbocycles. The number of hydrogen-bond donors (Lipinski definition) is 1. The molecule has 0 radical (unpaired) electrons. The van der Waals surface area contributed by atoms with Gasteiger partial charge in [0.2, 0.25) is 0 Å². The van der Waals surface area contributed by atoms with Gasteiger partial charge in [0, 0.05) is 11.8 Å². The third kappa shape index (κ3) is 2.98. The molecule has 0 bridgehead atoms. The molecule has 1 aliphatic heterocycles. The van der Waals surface area contributed by atoms with Gasteiger partial charge in [-0.15, -0.1) is 0 Å². The third-order valence-electron chi connectivity index (χ3n) is 2.44. The fourth-order valence-electron chi connectivity index (χ4n) is 1.40. The molecule has 2 atom stereocenters. The van der Waals surface area contributed by atoms with Crippen LogP contribution in [0.25, 0.3) is 0 Å². The molecule has 0 saturated carbocycles. The highest BCUT2D eigenvalue weighted by atomic mass is 32.2. The van der Waals surface area contributed by atoms with Gasteiger partial charge in [-0.05, 0) is 23.6 Å². The van der Waals surface area contributed by atoms with Gasteiger partial charge in [0.05, 0.1) is 0 Å². The van der Waals surface area contributed by atoms with E-state index in [1.165, 1.54) is 18.1 Å². The van der Waals surface area contributed by atoms with Crippen molar-refractivity contribution in [2.75, 3.05) is 18.1 Å². The van der Waals surface area contributed by atoms with Crippen LogP contribution in [0.4, 0.5) is 0 Å². The Hall–Kier alpha value is 0.310. The van der Waals surface area contributed by atoms with E-state index in [4.69, 9.17) is 0 Å². The minimum absolute atomic E-state index is 0.414. The van der Waals surface area contributed by atoms with Gasteiger partial charge in [0.15, 0.2) is 0 Å². The molecule has 2 heteroatoms. The van der Waals surface area contributed by atoms with Gasteiger partial charge in [0.1, 0.15) is 0 Å². The Bertz CT molecular complexity index is 139. The van der Waals surface area contributed by atoms with Crippen LogP contribution >= 0.6 is 11.8 Å². The highest BCUT2D eigenvalue weighted by molar-refractivity contribution is 7.99. The molecule has 1 heterocycles. The lowest BCUT2D eigenvalue weighted by Crippen LogP contribution is -2.42. The van der Waals surface area contributed by atoms with Crippen LogP contribution in [0.5, 0.6) is 0 Å². The number of nitrogens with one attached hydrogen (secondary N) is 1. The van der Waals surface area contributed by atoms with E-state index < -0.39 is 0 Å². The van der Waals surface area contributed by atoms with Gasteiger partial charge >= 0.3 is 0 Å². The summed E-state index contributed by atoms with van der Waals surface area (Å²) >= 11 is 2.10. The van der Waals surface area contributed by atoms with Crippen LogP contribution in [0.3, 0.4) is 0 Å². The summed E-state index contributed by atoms with van der Waals surface area (Å²) in [5.41, 5.74) is 0.414. The molecule has 0 amide bonds. The highest BCUT2D eigenvalue weighted by Gasteiger charge is 2.26. The van der Waals surface area contributed by atoms with E-state index in [2.05, 4.69) is 44.8 Å². The summed E-state index contributed by atoms with van der Waals surface area (Å²) in [7, 11) is 0. The monoisotopic (exact) mass is 187 g/mol. The van der Waals surface area contributed by atoms with Gasteiger partial charge in [-0.2, -0.15) is 11.8 Å². The van der Waals surface area contributed by atoms with Crippen molar-refractivity contribution in [2.45, 2.75) is 33.7 Å². The van der Waals surface area contributed by atoms with Gasteiger partial charge in [-0.25, -0.2) is 0 Å². The summed E-state index contributed by atoms with van der Waals surface area (Å²) in [6, 6.07) is 0.687. The summed E-state index contributed by atoms with van der Waals surface area (Å²) in [5, 5.41) is 3.65. The van der Waals surface area contributed by atoms with E-state index in [1.54, 1.807) is 0 Å². The molecule has 1 fully saturated rings. The fourth-order valence-corrected chi connectivity index (χ4v) is 2.91. The Morgan fingerprint density at radius 1 is 1.25 bits per heavy atom. The van der Waals surface area contributed by atoms with Crippen molar-refractivity contribution in [1.82, 2.24) is 5.32 Å². The third-order valence-corrected chi connectivity index (χ3v) is 3.82. The maximum Gasteiger partial charge on any atom is 0.0206 e. The molecule has 1 nitrogen and oxygen atoms in total. The molecule has 1 aliphatic rings. The average molecular weight is 187 g/mol. The van der Waals surface area contributed by atoms with Gasteiger partial charge in [-0.3, -0.25) is 0 Å². The van der Waals surface area contributed by atoms with Crippen molar-refractivity contribution in [3.63, 3.8) is 0 Å². The SMILES string of the molecule is CC1CNC(C(C)(C)C)CSC1. The first-order chi connectivity index (χ1) is 5.50. The van der Waals surface area contributed by atoms with Crippen molar-refractivity contribution in [2.24, 2.45) is 11.3 Å². The quantitative estimate of drug-likeness (QED) is 0.625. The molecule has 2 unspecified atom stereocenters. The number of rotatable bonds is 0. The fraction of sp³-hybridized carbons (Fsp3) is 1.00. The topological polar surface area (TPSA) is 12.0 Å². The first-order valence-electron chi connectivity index (χ1n) is 4.81. The van der Waals surface area contributed by atoms with Crippen molar-refractivity contribution in [3.8, 4) is 0 Å². The van der Waals surface area contributed by atoms with Crippen molar-refractivity contribution < 1.29 is 0 Å². The smallest absolute Gasteiger partial charge is 0.0206 e. The van der Waals surface area contributed by atoms with E-state index in [1.807, 2.05) is 0 Å². The van der Waals surface area contributed by atoms with E-state index >= 15 is 0 Å². The molecule has 0 aromatic rings. The molecule has 0 aromatic heterocycles. The minimum Gasteiger partial charge on any atom is -0.312 e. The van der Waals surface area contributed by atoms with Crippen LogP contribution in [0.15, 0.2) is 0 Å². The Morgan fingerprint density at radius 2 is 1.92 bits per heavy atom. The highest BCUT2D eigenvalue weighted by Crippen LogP contribution is 2.25. The molecule has 1 rings (SSSR count). The van der Waals surface area contributed by atoms with Gasteiger partial charge in [0.25, 0.3) is 0 Å². The molecule has 0 aliphatic carbocycles. The Labute approximate surface area is 80.7 Å². The summed E-state index contributed by atoms with van der Waals surface area (Å²) in [6.07, 6.45) is 0. The van der Waals surface area contributed by atoms with E-state index in [9.17, 15) is 0 Å². The van der Waals surface area contributed by atoms with Crippen molar-refractivity contribution >= 4 is 11.8 Å². The standard InChI is InChI=1S/C10H21NS/c1-8-5-11-9(7-12-6-8)10(2,3)4/h8-9,11H,5-7H2,1-4H3. The van der Waals surface area contributed by atoms with Gasteiger partial charge < -0.3 is 5.32 Å². The van der Waals surface area contributed by atoms with E-state index in [0.717, 1.165) is 5.92 Å². The summed E-state index contributed by atoms with van der Waals surface area (Å²) in [4.78, 5) is 0. The van der Waals surface area contributed by atoms with E-state index in [-0.39, 0.29) is 0 Å². The predicted octanol–water partition coefficient (Wildman–Crippen LogP) is 2.37. The molecular formula is C10H21NS. The summed E-state index contributed by atoms with van der Waals surface area (Å²) < 4.78 is 0. The normalized spacial score (nSPS) is 33.0. The Morgan fingerprint density at radius 3 is 2.50 bits per heavy atom. The summed E-state index contributed by atoms with van der Waals surface area (Å²) in [6.45, 7) is 10.5. The van der Waals surface area contributed by atoms with Crippen LogP contribution < -0.4 is 5.32 Å². The molecule has 1 N–H and O–H groups in total. The second-order valence-corrected chi connectivity index (χ2v) is 6.04. The molecule has 12 heavy (non-hydrogen) atoms. The maximum atomic E-state index is 3.65. The molecule has 0 spiro atoms. The second kappa shape index (κ2) is 4.01. The number of hydrogen-bond acceptors (Lipinski definition) is 2. The second-order valence-electron chi connectivity index (χ2n) is 4.97. The molecular weight excluding hydrogens is 166 g/mol. The van der Waals surface area contributed by atoms with Crippen LogP contribution in [0.1, 0.15) is 27.7 Å². The Kier molecular flexibility index (Phi) is 3.47. The zero-order chi connectivity index (χ0) is 9.19. The van der Waals surface area contributed by atoms with Crippen molar-refractivity contribution in [1.29, 1.82) is 0 Å². The zero-order valence-electron chi connectivity index (χ0n) is 8.68. The predicted molar refractivity (Wildman–Crippen MR) is 57.7 cm³/mol. The first-order valence-corrected chi connectivity index (χ1v) is 5.97.